The number of rotatable bonds is 10. The van der Waals surface area contributed by atoms with Crippen LogP contribution in [0.3, 0.4) is 0 Å². The molecule has 0 fully saturated rings. The molecule has 0 bridgehead atoms. The molecule has 15 nitrogen and oxygen atoms in total. The van der Waals surface area contributed by atoms with Gasteiger partial charge >= 0.3 is 0 Å². The smallest absolute Gasteiger partial charge is 0.274 e. The molecule has 17 heteroatoms. The molecule has 0 saturated heterocycles. The van der Waals surface area contributed by atoms with E-state index in [1.54, 1.807) is 12.1 Å². The highest BCUT2D eigenvalue weighted by atomic mass is 32.2. The van der Waals surface area contributed by atoms with Gasteiger partial charge in [-0.25, -0.2) is 46.2 Å². The van der Waals surface area contributed by atoms with Gasteiger partial charge in [0.25, 0.3) is 31.9 Å². The van der Waals surface area contributed by atoms with Crippen molar-refractivity contribution in [2.75, 3.05) is 20.1 Å². The number of hydrogen-bond acceptors (Lipinski definition) is 11. The number of aromatic nitrogens is 5. The standard InChI is InChI=1S/C27H21N9O6S2/c37-24(33-19-4-8-21(9-5-19)43(39,40)35-26-28-13-1-14-29-26)18-3-12-23(32-17-18)25(38)34-20-6-10-22(11-7-20)44(41,42)36-27-30-15-2-16-31-27/h1-17H,(H,33,37)(H,34,38)(H,28,29,35)(H,30,31,36). The van der Waals surface area contributed by atoms with Crippen molar-refractivity contribution in [3.8, 4) is 0 Å². The van der Waals surface area contributed by atoms with E-state index < -0.39 is 31.9 Å². The topological polar surface area (TPSA) is 215 Å². The zero-order chi connectivity index (χ0) is 31.2. The van der Waals surface area contributed by atoms with Crippen molar-refractivity contribution >= 4 is 55.1 Å². The van der Waals surface area contributed by atoms with Crippen LogP contribution in [0.25, 0.3) is 0 Å². The van der Waals surface area contributed by atoms with Crippen LogP contribution in [0, 0.1) is 0 Å². The molecule has 0 atom stereocenters. The molecular formula is C27H21N9O6S2. The molecule has 0 aliphatic heterocycles. The van der Waals surface area contributed by atoms with Crippen LogP contribution in [0.5, 0.6) is 0 Å². The lowest BCUT2D eigenvalue weighted by Crippen LogP contribution is -2.17. The summed E-state index contributed by atoms with van der Waals surface area (Å²) in [6.07, 6.45) is 6.80. The van der Waals surface area contributed by atoms with Crippen LogP contribution in [0.2, 0.25) is 0 Å². The molecule has 0 aliphatic carbocycles. The summed E-state index contributed by atoms with van der Waals surface area (Å²) in [5.41, 5.74) is 0.783. The predicted molar refractivity (Wildman–Crippen MR) is 159 cm³/mol. The molecule has 5 aromatic rings. The van der Waals surface area contributed by atoms with Crippen LogP contribution >= 0.6 is 0 Å². The number of anilines is 4. The van der Waals surface area contributed by atoms with E-state index in [0.29, 0.717) is 11.4 Å². The number of nitrogens with zero attached hydrogens (tertiary/aromatic N) is 5. The fourth-order valence-corrected chi connectivity index (χ4v) is 5.47. The molecular weight excluding hydrogens is 610 g/mol. The van der Waals surface area contributed by atoms with Gasteiger partial charge in [-0.2, -0.15) is 0 Å². The fourth-order valence-electron chi connectivity index (χ4n) is 3.56. The Morgan fingerprint density at radius 3 is 1.36 bits per heavy atom. The van der Waals surface area contributed by atoms with Crippen molar-refractivity contribution in [2.24, 2.45) is 0 Å². The van der Waals surface area contributed by atoms with Gasteiger partial charge in [0.05, 0.1) is 15.4 Å². The van der Waals surface area contributed by atoms with Crippen LogP contribution in [-0.4, -0.2) is 53.6 Å². The molecule has 0 spiro atoms. The Labute approximate surface area is 251 Å². The number of amides is 2. The zero-order valence-corrected chi connectivity index (χ0v) is 24.0. The Morgan fingerprint density at radius 1 is 0.523 bits per heavy atom. The highest BCUT2D eigenvalue weighted by molar-refractivity contribution is 7.93. The quantitative estimate of drug-likeness (QED) is 0.176. The lowest BCUT2D eigenvalue weighted by Gasteiger charge is -2.09. The molecule has 4 N–H and O–H groups in total. The number of hydrogen-bond donors (Lipinski definition) is 4. The van der Waals surface area contributed by atoms with Gasteiger partial charge in [0, 0.05) is 42.4 Å². The second-order valence-corrected chi connectivity index (χ2v) is 12.1. The SMILES string of the molecule is O=C(Nc1ccc(S(=O)(=O)Nc2ncccn2)cc1)c1ccc(C(=O)Nc2ccc(S(=O)(=O)Nc3ncccn3)cc2)nc1. The van der Waals surface area contributed by atoms with Gasteiger partial charge in [-0.1, -0.05) is 0 Å². The minimum absolute atomic E-state index is 0.00518. The Hall–Kier alpha value is -5.81. The number of sulfonamides is 2. The van der Waals surface area contributed by atoms with Crippen LogP contribution in [0.4, 0.5) is 23.3 Å². The van der Waals surface area contributed by atoms with Crippen LogP contribution in [0.15, 0.2) is 114 Å². The highest BCUT2D eigenvalue weighted by Crippen LogP contribution is 2.19. The summed E-state index contributed by atoms with van der Waals surface area (Å²) in [4.78, 5) is 44.5. The number of carbonyl (C=O) groups excluding carboxylic acids is 2. The monoisotopic (exact) mass is 631 g/mol. The zero-order valence-electron chi connectivity index (χ0n) is 22.3. The molecule has 0 radical (unpaired) electrons. The predicted octanol–water partition coefficient (Wildman–Crippen LogP) is 2.77. The van der Waals surface area contributed by atoms with Crippen molar-refractivity contribution in [1.29, 1.82) is 0 Å². The average molecular weight is 632 g/mol. The summed E-state index contributed by atoms with van der Waals surface area (Å²) in [7, 11) is -7.88. The number of nitrogens with one attached hydrogen (secondary N) is 4. The second-order valence-electron chi connectivity index (χ2n) is 8.74. The lowest BCUT2D eigenvalue weighted by atomic mass is 10.2. The number of carbonyl (C=O) groups is 2. The lowest BCUT2D eigenvalue weighted by molar-refractivity contribution is 0.101. The van der Waals surface area contributed by atoms with Gasteiger partial charge in [0.15, 0.2) is 0 Å². The van der Waals surface area contributed by atoms with Gasteiger partial charge in [0.1, 0.15) is 5.69 Å². The average Bonchev–Trinajstić information content (AvgIpc) is 3.02. The molecule has 3 heterocycles. The van der Waals surface area contributed by atoms with E-state index >= 15 is 0 Å². The van der Waals surface area contributed by atoms with Crippen LogP contribution < -0.4 is 20.1 Å². The van der Waals surface area contributed by atoms with Crippen molar-refractivity contribution < 1.29 is 26.4 Å². The Balaban J connectivity index is 1.17. The van der Waals surface area contributed by atoms with Crippen LogP contribution in [-0.2, 0) is 20.0 Å². The number of pyridine rings is 1. The number of benzene rings is 2. The normalized spacial score (nSPS) is 11.3. The minimum atomic E-state index is -3.94. The molecule has 2 amide bonds. The molecule has 0 unspecified atom stereocenters. The van der Waals surface area contributed by atoms with Crippen molar-refractivity contribution in [2.45, 2.75) is 9.79 Å². The largest absolute Gasteiger partial charge is 0.322 e. The summed E-state index contributed by atoms with van der Waals surface area (Å²) in [5.74, 6) is -1.29. The van der Waals surface area contributed by atoms with E-state index in [1.165, 1.54) is 91.6 Å². The first-order valence-corrected chi connectivity index (χ1v) is 15.4. The molecule has 0 aliphatic rings. The Kier molecular flexibility index (Phi) is 8.49. The molecule has 2 aromatic carbocycles. The third kappa shape index (κ3) is 7.33. The van der Waals surface area contributed by atoms with Gasteiger partial charge in [-0.15, -0.1) is 0 Å². The second kappa shape index (κ2) is 12.6. The Morgan fingerprint density at radius 2 is 0.955 bits per heavy atom. The van der Waals surface area contributed by atoms with Gasteiger partial charge < -0.3 is 10.6 Å². The molecule has 3 aromatic heterocycles. The first kappa shape index (κ1) is 29.7. The summed E-state index contributed by atoms with van der Waals surface area (Å²) in [6, 6.07) is 16.7. The van der Waals surface area contributed by atoms with E-state index in [0.717, 1.165) is 0 Å². The molecule has 5 rings (SSSR count). The first-order chi connectivity index (χ1) is 21.1. The summed E-state index contributed by atoms with van der Waals surface area (Å²) in [6.45, 7) is 0. The van der Waals surface area contributed by atoms with Crippen molar-refractivity contribution in [3.05, 3.63) is 115 Å². The summed E-state index contributed by atoms with van der Waals surface area (Å²) in [5, 5.41) is 5.23. The third-order valence-corrected chi connectivity index (χ3v) is 8.37. The molecule has 0 saturated carbocycles. The maximum atomic E-state index is 12.7. The first-order valence-electron chi connectivity index (χ1n) is 12.5. The Bertz CT molecular complexity index is 1850. The van der Waals surface area contributed by atoms with E-state index in [-0.39, 0.29) is 32.9 Å². The van der Waals surface area contributed by atoms with Gasteiger partial charge in [0.2, 0.25) is 11.9 Å². The van der Waals surface area contributed by atoms with Gasteiger partial charge in [-0.05, 0) is 72.8 Å². The van der Waals surface area contributed by atoms with Gasteiger partial charge in [-0.3, -0.25) is 14.6 Å². The third-order valence-electron chi connectivity index (χ3n) is 5.69. The van der Waals surface area contributed by atoms with E-state index in [2.05, 4.69) is 45.0 Å². The fraction of sp³-hybridized carbons (Fsp3) is 0. The van der Waals surface area contributed by atoms with E-state index in [4.69, 9.17) is 0 Å². The maximum absolute atomic E-state index is 12.7. The van der Waals surface area contributed by atoms with E-state index in [1.807, 2.05) is 0 Å². The summed E-state index contributed by atoms with van der Waals surface area (Å²) < 4.78 is 54.6. The minimum Gasteiger partial charge on any atom is -0.322 e. The maximum Gasteiger partial charge on any atom is 0.274 e. The van der Waals surface area contributed by atoms with Crippen molar-refractivity contribution in [1.82, 2.24) is 24.9 Å². The molecule has 44 heavy (non-hydrogen) atoms. The van der Waals surface area contributed by atoms with E-state index in [9.17, 15) is 26.4 Å². The highest BCUT2D eigenvalue weighted by Gasteiger charge is 2.18. The molecule has 222 valence electrons. The van der Waals surface area contributed by atoms with Crippen LogP contribution in [0.1, 0.15) is 20.8 Å². The van der Waals surface area contributed by atoms with Crippen molar-refractivity contribution in [3.63, 3.8) is 0 Å². The summed E-state index contributed by atoms with van der Waals surface area (Å²) >= 11 is 0.